The van der Waals surface area contributed by atoms with E-state index in [1.807, 2.05) is 11.9 Å². The number of hydrogen-bond acceptors (Lipinski definition) is 3. The van der Waals surface area contributed by atoms with E-state index >= 15 is 0 Å². The van der Waals surface area contributed by atoms with Crippen LogP contribution in [-0.4, -0.2) is 49.4 Å². The van der Waals surface area contributed by atoms with Gasteiger partial charge in [0, 0.05) is 31.4 Å². The minimum absolute atomic E-state index is 0. The quantitative estimate of drug-likeness (QED) is 0.782. The lowest BCUT2D eigenvalue weighted by Gasteiger charge is -2.27. The van der Waals surface area contributed by atoms with Crippen molar-refractivity contribution in [2.75, 3.05) is 31.6 Å². The molecule has 25 heavy (non-hydrogen) atoms. The van der Waals surface area contributed by atoms with E-state index in [2.05, 4.69) is 5.32 Å². The second-order valence-corrected chi connectivity index (χ2v) is 7.13. The Morgan fingerprint density at radius 3 is 2.68 bits per heavy atom. The van der Waals surface area contributed by atoms with Gasteiger partial charge in [-0.05, 0) is 44.5 Å². The van der Waals surface area contributed by atoms with E-state index in [0.717, 1.165) is 25.9 Å². The van der Waals surface area contributed by atoms with Gasteiger partial charge in [-0.3, -0.25) is 9.59 Å². The Hall–Kier alpha value is -1.01. The summed E-state index contributed by atoms with van der Waals surface area (Å²) >= 11 is 12.0. The Kier molecular flexibility index (Phi) is 6.97. The van der Waals surface area contributed by atoms with Gasteiger partial charge in [0.25, 0.3) is 0 Å². The third-order valence-electron chi connectivity index (χ3n) is 4.82. The van der Waals surface area contributed by atoms with Gasteiger partial charge < -0.3 is 15.1 Å². The van der Waals surface area contributed by atoms with Crippen molar-refractivity contribution < 1.29 is 9.59 Å². The van der Waals surface area contributed by atoms with Crippen molar-refractivity contribution >= 4 is 53.1 Å². The molecule has 0 saturated carbocycles. The molecule has 2 aliphatic rings. The van der Waals surface area contributed by atoms with Crippen molar-refractivity contribution in [2.24, 2.45) is 5.92 Å². The highest BCUT2D eigenvalue weighted by Gasteiger charge is 2.42. The summed E-state index contributed by atoms with van der Waals surface area (Å²) in [5.41, 5.74) is 0.692. The lowest BCUT2D eigenvalue weighted by molar-refractivity contribution is -0.140. The van der Waals surface area contributed by atoms with Crippen molar-refractivity contribution in [1.29, 1.82) is 0 Å². The summed E-state index contributed by atoms with van der Waals surface area (Å²) in [4.78, 5) is 29.1. The van der Waals surface area contributed by atoms with Crippen molar-refractivity contribution in [3.05, 3.63) is 28.2 Å². The number of amides is 2. The normalized spacial score (nSPS) is 23.1. The number of likely N-dealkylation sites (N-methyl/N-ethyl adjacent to an activating group) is 1. The predicted molar refractivity (Wildman–Crippen MR) is 103 cm³/mol. The zero-order chi connectivity index (χ0) is 17.3. The second kappa shape index (κ2) is 8.58. The van der Waals surface area contributed by atoms with Gasteiger partial charge in [0.15, 0.2) is 0 Å². The van der Waals surface area contributed by atoms with Gasteiger partial charge in [-0.1, -0.05) is 23.2 Å². The number of nitrogens with zero attached hydrogens (tertiary/aromatic N) is 2. The van der Waals surface area contributed by atoms with Gasteiger partial charge in [-0.2, -0.15) is 0 Å². The summed E-state index contributed by atoms with van der Waals surface area (Å²) in [6, 6.07) is 5.30. The third-order valence-corrected chi connectivity index (χ3v) is 5.56. The molecule has 0 bridgehead atoms. The maximum Gasteiger partial charge on any atom is 0.239 e. The third kappa shape index (κ3) is 4.05. The molecule has 2 saturated heterocycles. The van der Waals surface area contributed by atoms with E-state index in [4.69, 9.17) is 23.2 Å². The first-order chi connectivity index (χ1) is 11.5. The average molecular weight is 407 g/mol. The summed E-state index contributed by atoms with van der Waals surface area (Å²) in [5, 5.41) is 3.98. The molecule has 3 rings (SSSR count). The highest BCUT2D eigenvalue weighted by molar-refractivity contribution is 6.42. The number of anilines is 1. The van der Waals surface area contributed by atoms with Gasteiger partial charge in [-0.15, -0.1) is 12.4 Å². The number of benzene rings is 1. The van der Waals surface area contributed by atoms with Crippen molar-refractivity contribution in [2.45, 2.75) is 25.3 Å². The van der Waals surface area contributed by atoms with Crippen LogP contribution in [0.4, 0.5) is 5.69 Å². The van der Waals surface area contributed by atoms with E-state index in [1.165, 1.54) is 0 Å². The summed E-state index contributed by atoms with van der Waals surface area (Å²) in [5.74, 6) is -0.772. The van der Waals surface area contributed by atoms with Crippen LogP contribution in [0.2, 0.25) is 10.0 Å². The monoisotopic (exact) mass is 405 g/mol. The lowest BCUT2D eigenvalue weighted by Crippen LogP contribution is -2.45. The smallest absolute Gasteiger partial charge is 0.239 e. The highest BCUT2D eigenvalue weighted by Crippen LogP contribution is 2.32. The average Bonchev–Trinajstić information content (AvgIpc) is 3.17. The highest BCUT2D eigenvalue weighted by atomic mass is 35.5. The fraction of sp³-hybridized carbons (Fsp3) is 0.529. The van der Waals surface area contributed by atoms with Crippen LogP contribution >= 0.6 is 35.6 Å². The Balaban J connectivity index is 0.00000225. The largest absolute Gasteiger partial charge is 0.338 e. The molecule has 0 aromatic heterocycles. The van der Waals surface area contributed by atoms with Crippen molar-refractivity contribution in [3.8, 4) is 0 Å². The molecule has 0 aliphatic carbocycles. The number of carbonyl (C=O) groups is 2. The van der Waals surface area contributed by atoms with Gasteiger partial charge in [0.2, 0.25) is 11.8 Å². The molecule has 138 valence electrons. The van der Waals surface area contributed by atoms with Crippen LogP contribution in [-0.2, 0) is 9.59 Å². The number of rotatable bonds is 4. The zero-order valence-corrected chi connectivity index (χ0v) is 16.3. The first kappa shape index (κ1) is 20.3. The molecule has 1 aromatic carbocycles. The summed E-state index contributed by atoms with van der Waals surface area (Å²) < 4.78 is 0. The Labute approximate surface area is 164 Å². The first-order valence-electron chi connectivity index (χ1n) is 8.24. The van der Waals surface area contributed by atoms with Gasteiger partial charge in [0.1, 0.15) is 5.92 Å². The number of halogens is 3. The standard InChI is InChI=1S/C17H21Cl2N3O2.ClH/c1-20-10-12-3-2-7-21(12)16(23)13-6-8-22(17(13)24)11-4-5-14(18)15(19)9-11;/h4-5,9,12-13,20H,2-3,6-8,10H2,1H3;1H. The summed E-state index contributed by atoms with van der Waals surface area (Å²) in [6.45, 7) is 2.03. The maximum atomic E-state index is 12.8. The van der Waals surface area contributed by atoms with E-state index in [-0.39, 0.29) is 30.3 Å². The first-order valence-corrected chi connectivity index (χ1v) is 9.00. The van der Waals surface area contributed by atoms with Crippen LogP contribution in [0.15, 0.2) is 18.2 Å². The van der Waals surface area contributed by atoms with Crippen molar-refractivity contribution in [1.82, 2.24) is 10.2 Å². The summed E-state index contributed by atoms with van der Waals surface area (Å²) in [7, 11) is 1.88. The van der Waals surface area contributed by atoms with Gasteiger partial charge in [-0.25, -0.2) is 0 Å². The topological polar surface area (TPSA) is 52.7 Å². The molecule has 0 spiro atoms. The SMILES string of the molecule is CNCC1CCCN1C(=O)C1CCN(c2ccc(Cl)c(Cl)c2)C1=O.Cl. The molecule has 1 aromatic rings. The van der Waals surface area contributed by atoms with Gasteiger partial charge >= 0.3 is 0 Å². The van der Waals surface area contributed by atoms with Crippen LogP contribution in [0.25, 0.3) is 0 Å². The molecule has 8 heteroatoms. The molecular weight excluding hydrogens is 385 g/mol. The Bertz CT molecular complexity index is 656. The van der Waals surface area contributed by atoms with Crippen LogP contribution in [0.3, 0.4) is 0 Å². The van der Waals surface area contributed by atoms with E-state index in [9.17, 15) is 9.59 Å². The van der Waals surface area contributed by atoms with Crippen LogP contribution in [0.5, 0.6) is 0 Å². The number of likely N-dealkylation sites (tertiary alicyclic amines) is 1. The fourth-order valence-corrected chi connectivity index (χ4v) is 3.88. The number of nitrogens with one attached hydrogen (secondary N) is 1. The molecule has 1 N–H and O–H groups in total. The van der Waals surface area contributed by atoms with Crippen LogP contribution < -0.4 is 10.2 Å². The molecular formula is C17H22Cl3N3O2. The molecule has 2 unspecified atom stereocenters. The second-order valence-electron chi connectivity index (χ2n) is 6.31. The molecule has 2 aliphatic heterocycles. The van der Waals surface area contributed by atoms with Crippen molar-refractivity contribution in [3.63, 3.8) is 0 Å². The van der Waals surface area contributed by atoms with Gasteiger partial charge in [0.05, 0.1) is 10.0 Å². The Morgan fingerprint density at radius 2 is 2.00 bits per heavy atom. The van der Waals surface area contributed by atoms with Crippen LogP contribution in [0, 0.1) is 5.92 Å². The Morgan fingerprint density at radius 1 is 1.24 bits per heavy atom. The molecule has 2 heterocycles. The molecule has 2 atom stereocenters. The maximum absolute atomic E-state index is 12.8. The van der Waals surface area contributed by atoms with E-state index in [0.29, 0.717) is 28.7 Å². The predicted octanol–water partition coefficient (Wildman–Crippen LogP) is 2.98. The minimum atomic E-state index is -0.586. The molecule has 0 radical (unpaired) electrons. The van der Waals surface area contributed by atoms with E-state index < -0.39 is 5.92 Å². The molecule has 2 amide bonds. The number of carbonyl (C=O) groups excluding carboxylic acids is 2. The lowest BCUT2D eigenvalue weighted by atomic mass is 10.1. The zero-order valence-electron chi connectivity index (χ0n) is 14.0. The molecule has 5 nitrogen and oxygen atoms in total. The number of hydrogen-bond donors (Lipinski definition) is 1. The summed E-state index contributed by atoms with van der Waals surface area (Å²) in [6.07, 6.45) is 2.53. The fourth-order valence-electron chi connectivity index (χ4n) is 3.59. The molecule has 2 fully saturated rings. The minimum Gasteiger partial charge on any atom is -0.338 e. The van der Waals surface area contributed by atoms with Crippen LogP contribution in [0.1, 0.15) is 19.3 Å². The van der Waals surface area contributed by atoms with E-state index in [1.54, 1.807) is 23.1 Å².